The molecule has 3 rings (SSSR count). The zero-order valence-electron chi connectivity index (χ0n) is 10.7. The summed E-state index contributed by atoms with van der Waals surface area (Å²) in [6.45, 7) is 3.13. The van der Waals surface area contributed by atoms with E-state index >= 15 is 0 Å². The molecule has 2 saturated heterocycles. The van der Waals surface area contributed by atoms with Crippen LogP contribution in [0.4, 0.5) is 10.1 Å². The average Bonchev–Trinajstić information content (AvgIpc) is 2.85. The minimum atomic E-state index is -0.281. The van der Waals surface area contributed by atoms with E-state index < -0.39 is 0 Å². The van der Waals surface area contributed by atoms with Gasteiger partial charge in [0.2, 0.25) is 0 Å². The van der Waals surface area contributed by atoms with E-state index in [1.165, 1.54) is 20.0 Å². The number of rotatable bonds is 2. The molecule has 98 valence electrons. The molecule has 4 heteroatoms. The monoisotopic (exact) mass is 250 g/mol. The molecule has 1 aromatic rings. The number of nitrogens with zero attached hydrogens (tertiary/aromatic N) is 1. The van der Waals surface area contributed by atoms with Gasteiger partial charge in [0.1, 0.15) is 0 Å². The number of hydrogen-bond donors (Lipinski definition) is 1. The van der Waals surface area contributed by atoms with Crippen molar-refractivity contribution in [1.29, 1.82) is 0 Å². The van der Waals surface area contributed by atoms with Gasteiger partial charge in [-0.1, -0.05) is 0 Å². The van der Waals surface area contributed by atoms with Crippen molar-refractivity contribution < 1.29 is 9.13 Å². The fourth-order valence-corrected chi connectivity index (χ4v) is 3.12. The highest BCUT2D eigenvalue weighted by molar-refractivity contribution is 5.50. The standard InChI is InChI=1S/C14H19FN2O/c1-18-14-3-2-11(8-12(14)15)17-7-5-10-4-6-16-13(10)9-17/h2-3,8,10,13,16H,4-7,9H2,1H3. The van der Waals surface area contributed by atoms with Crippen LogP contribution in [0.5, 0.6) is 5.75 Å². The van der Waals surface area contributed by atoms with Crippen LogP contribution in [0.25, 0.3) is 0 Å². The largest absolute Gasteiger partial charge is 0.494 e. The summed E-state index contributed by atoms with van der Waals surface area (Å²) < 4.78 is 18.7. The first kappa shape index (κ1) is 11.8. The normalized spacial score (nSPS) is 27.1. The average molecular weight is 250 g/mol. The number of fused-ring (bicyclic) bond motifs is 1. The lowest BCUT2D eigenvalue weighted by molar-refractivity contribution is 0.371. The van der Waals surface area contributed by atoms with Crippen LogP contribution < -0.4 is 15.0 Å². The Hall–Kier alpha value is -1.29. The zero-order chi connectivity index (χ0) is 12.5. The third kappa shape index (κ3) is 2.05. The van der Waals surface area contributed by atoms with Gasteiger partial charge < -0.3 is 15.0 Å². The molecule has 2 unspecified atom stereocenters. The molecular formula is C14H19FN2O. The summed E-state index contributed by atoms with van der Waals surface area (Å²) in [5.41, 5.74) is 0.959. The second-order valence-electron chi connectivity index (χ2n) is 5.16. The fourth-order valence-electron chi connectivity index (χ4n) is 3.12. The first-order chi connectivity index (χ1) is 8.78. The van der Waals surface area contributed by atoms with E-state index in [4.69, 9.17) is 4.74 Å². The number of hydrogen-bond acceptors (Lipinski definition) is 3. The van der Waals surface area contributed by atoms with E-state index in [9.17, 15) is 4.39 Å². The molecule has 2 fully saturated rings. The van der Waals surface area contributed by atoms with Crippen molar-refractivity contribution in [2.75, 3.05) is 31.6 Å². The Morgan fingerprint density at radius 3 is 3.06 bits per heavy atom. The van der Waals surface area contributed by atoms with Crippen molar-refractivity contribution in [3.63, 3.8) is 0 Å². The first-order valence-electron chi connectivity index (χ1n) is 6.60. The smallest absolute Gasteiger partial charge is 0.167 e. The molecule has 0 aliphatic carbocycles. The Morgan fingerprint density at radius 2 is 2.28 bits per heavy atom. The van der Waals surface area contributed by atoms with Crippen LogP contribution in [-0.4, -0.2) is 32.8 Å². The van der Waals surface area contributed by atoms with Crippen molar-refractivity contribution >= 4 is 5.69 Å². The maximum atomic E-state index is 13.7. The quantitative estimate of drug-likeness (QED) is 0.869. The number of methoxy groups -OCH3 is 1. The van der Waals surface area contributed by atoms with E-state index in [-0.39, 0.29) is 5.82 Å². The Kier molecular flexibility index (Phi) is 3.12. The van der Waals surface area contributed by atoms with Crippen LogP contribution in [0, 0.1) is 11.7 Å². The number of halogens is 1. The summed E-state index contributed by atoms with van der Waals surface area (Å²) in [5.74, 6) is 0.841. The molecule has 0 amide bonds. The lowest BCUT2D eigenvalue weighted by atomic mass is 9.92. The van der Waals surface area contributed by atoms with E-state index in [0.29, 0.717) is 11.8 Å². The van der Waals surface area contributed by atoms with Crippen molar-refractivity contribution in [2.45, 2.75) is 18.9 Å². The summed E-state index contributed by atoms with van der Waals surface area (Å²) in [6, 6.07) is 5.80. The second kappa shape index (κ2) is 4.76. The molecule has 0 aromatic heterocycles. The van der Waals surface area contributed by atoms with Crippen LogP contribution in [0.2, 0.25) is 0 Å². The summed E-state index contributed by atoms with van der Waals surface area (Å²) in [7, 11) is 1.49. The highest BCUT2D eigenvalue weighted by Crippen LogP contribution is 2.30. The molecule has 0 bridgehead atoms. The van der Waals surface area contributed by atoms with Gasteiger partial charge in [-0.3, -0.25) is 0 Å². The molecule has 1 aromatic carbocycles. The number of benzene rings is 1. The van der Waals surface area contributed by atoms with Crippen molar-refractivity contribution in [2.24, 2.45) is 5.92 Å². The zero-order valence-corrected chi connectivity index (χ0v) is 10.7. The molecule has 2 atom stereocenters. The Morgan fingerprint density at radius 1 is 1.39 bits per heavy atom. The van der Waals surface area contributed by atoms with Gasteiger partial charge in [0.15, 0.2) is 11.6 Å². The molecule has 1 N–H and O–H groups in total. The van der Waals surface area contributed by atoms with Crippen LogP contribution >= 0.6 is 0 Å². The number of ether oxygens (including phenoxy) is 1. The maximum Gasteiger partial charge on any atom is 0.167 e. The van der Waals surface area contributed by atoms with Gasteiger partial charge in [0.25, 0.3) is 0 Å². The Balaban J connectivity index is 1.76. The number of anilines is 1. The highest BCUT2D eigenvalue weighted by Gasteiger charge is 2.32. The Labute approximate surface area is 107 Å². The Bertz CT molecular complexity index is 438. The van der Waals surface area contributed by atoms with Gasteiger partial charge >= 0.3 is 0 Å². The van der Waals surface area contributed by atoms with Gasteiger partial charge in [0.05, 0.1) is 7.11 Å². The minimum absolute atomic E-state index is 0.281. The van der Waals surface area contributed by atoms with Crippen LogP contribution in [0.1, 0.15) is 12.8 Å². The summed E-state index contributed by atoms with van der Waals surface area (Å²) in [4.78, 5) is 2.27. The summed E-state index contributed by atoms with van der Waals surface area (Å²) in [6.07, 6.45) is 2.49. The predicted molar refractivity (Wildman–Crippen MR) is 69.7 cm³/mol. The van der Waals surface area contributed by atoms with Crippen molar-refractivity contribution in [1.82, 2.24) is 5.32 Å². The van der Waals surface area contributed by atoms with Gasteiger partial charge in [-0.25, -0.2) is 4.39 Å². The van der Waals surface area contributed by atoms with Gasteiger partial charge in [-0.2, -0.15) is 0 Å². The molecular weight excluding hydrogens is 231 g/mol. The molecule has 0 radical (unpaired) electrons. The third-order valence-electron chi connectivity index (χ3n) is 4.18. The minimum Gasteiger partial charge on any atom is -0.494 e. The van der Waals surface area contributed by atoms with Gasteiger partial charge in [-0.15, -0.1) is 0 Å². The van der Waals surface area contributed by atoms with Gasteiger partial charge in [-0.05, 0) is 37.4 Å². The SMILES string of the molecule is COc1ccc(N2CCC3CCNC3C2)cc1F. The summed E-state index contributed by atoms with van der Waals surface area (Å²) in [5, 5.41) is 3.54. The fraction of sp³-hybridized carbons (Fsp3) is 0.571. The second-order valence-corrected chi connectivity index (χ2v) is 5.16. The van der Waals surface area contributed by atoms with Crippen molar-refractivity contribution in [3.8, 4) is 5.75 Å². The molecule has 2 heterocycles. The predicted octanol–water partition coefficient (Wildman–Crippen LogP) is 2.02. The van der Waals surface area contributed by atoms with Crippen LogP contribution in [0.3, 0.4) is 0 Å². The number of nitrogens with one attached hydrogen (secondary N) is 1. The molecule has 3 nitrogen and oxygen atoms in total. The summed E-state index contributed by atoms with van der Waals surface area (Å²) >= 11 is 0. The highest BCUT2D eigenvalue weighted by atomic mass is 19.1. The molecule has 0 saturated carbocycles. The van der Waals surface area contributed by atoms with E-state index in [2.05, 4.69) is 10.2 Å². The van der Waals surface area contributed by atoms with E-state index in [1.807, 2.05) is 6.07 Å². The van der Waals surface area contributed by atoms with E-state index in [0.717, 1.165) is 31.2 Å². The lowest BCUT2D eigenvalue weighted by Gasteiger charge is -2.36. The molecule has 2 aliphatic rings. The number of piperidine rings is 1. The first-order valence-corrected chi connectivity index (χ1v) is 6.60. The van der Waals surface area contributed by atoms with Crippen LogP contribution in [-0.2, 0) is 0 Å². The third-order valence-corrected chi connectivity index (χ3v) is 4.18. The van der Waals surface area contributed by atoms with Gasteiger partial charge in [0, 0.05) is 30.9 Å². The topological polar surface area (TPSA) is 24.5 Å². The molecule has 2 aliphatic heterocycles. The molecule has 18 heavy (non-hydrogen) atoms. The van der Waals surface area contributed by atoms with E-state index in [1.54, 1.807) is 12.1 Å². The lowest BCUT2D eigenvalue weighted by Crippen LogP contribution is -2.46. The maximum absolute atomic E-state index is 13.7. The molecule has 0 spiro atoms. The van der Waals surface area contributed by atoms with Crippen molar-refractivity contribution in [3.05, 3.63) is 24.0 Å². The van der Waals surface area contributed by atoms with Crippen LogP contribution in [0.15, 0.2) is 18.2 Å².